The quantitative estimate of drug-likeness (QED) is 0.665. The van der Waals surface area contributed by atoms with Crippen LogP contribution < -0.4 is 0 Å². The lowest BCUT2D eigenvalue weighted by Gasteiger charge is -2.30. The Balaban J connectivity index is 2.80. The maximum Gasteiger partial charge on any atom is 0.228 e. The van der Waals surface area contributed by atoms with Crippen LogP contribution in [-0.4, -0.2) is 44.9 Å². The molecule has 0 radical (unpaired) electrons. The third-order valence-electron chi connectivity index (χ3n) is 3.38. The first-order chi connectivity index (χ1) is 6.89. The average molecular weight is 215 g/mol. The van der Waals surface area contributed by atoms with Gasteiger partial charge in [0.2, 0.25) is 5.91 Å². The van der Waals surface area contributed by atoms with Crippen molar-refractivity contribution in [1.82, 2.24) is 4.90 Å². The van der Waals surface area contributed by atoms with Gasteiger partial charge >= 0.3 is 0 Å². The van der Waals surface area contributed by atoms with Crippen molar-refractivity contribution in [3.63, 3.8) is 0 Å². The lowest BCUT2D eigenvalue weighted by molar-refractivity contribution is -0.206. The molecule has 1 rings (SSSR count). The van der Waals surface area contributed by atoms with Gasteiger partial charge in [0.15, 0.2) is 5.79 Å². The Kier molecular flexibility index (Phi) is 3.41. The maximum absolute atomic E-state index is 12.0. The molecule has 1 aliphatic carbocycles. The largest absolute Gasteiger partial charge is 0.353 e. The number of hydrogen-bond acceptors (Lipinski definition) is 3. The first-order valence-corrected chi connectivity index (χ1v) is 5.21. The minimum atomic E-state index is -0.569. The molecule has 1 fully saturated rings. The van der Waals surface area contributed by atoms with E-state index in [1.807, 2.05) is 6.92 Å². The second kappa shape index (κ2) is 4.10. The minimum absolute atomic E-state index is 0.151. The summed E-state index contributed by atoms with van der Waals surface area (Å²) in [5.41, 5.74) is -0.352. The zero-order valence-electron chi connectivity index (χ0n) is 10.3. The van der Waals surface area contributed by atoms with Crippen LogP contribution in [-0.2, 0) is 14.3 Å². The van der Waals surface area contributed by atoms with Crippen LogP contribution in [0.4, 0.5) is 0 Å². The zero-order chi connectivity index (χ0) is 11.7. The first kappa shape index (κ1) is 12.5. The molecule has 88 valence electrons. The summed E-state index contributed by atoms with van der Waals surface area (Å²) in [6.45, 7) is 1.98. The average Bonchev–Trinajstić information content (AvgIpc) is 2.57. The van der Waals surface area contributed by atoms with Crippen LogP contribution in [0.5, 0.6) is 0 Å². The van der Waals surface area contributed by atoms with Crippen molar-refractivity contribution in [3.8, 4) is 0 Å². The normalized spacial score (nSPS) is 29.1. The van der Waals surface area contributed by atoms with E-state index in [-0.39, 0.29) is 11.3 Å². The monoisotopic (exact) mass is 215 g/mol. The Labute approximate surface area is 91.5 Å². The Morgan fingerprint density at radius 3 is 2.07 bits per heavy atom. The van der Waals surface area contributed by atoms with E-state index < -0.39 is 5.79 Å². The van der Waals surface area contributed by atoms with Gasteiger partial charge in [0.25, 0.3) is 0 Å². The molecule has 4 heteroatoms. The second-order valence-electron chi connectivity index (χ2n) is 4.76. The molecule has 0 aromatic rings. The summed E-state index contributed by atoms with van der Waals surface area (Å²) in [4.78, 5) is 13.6. The predicted molar refractivity (Wildman–Crippen MR) is 57.4 cm³/mol. The topological polar surface area (TPSA) is 38.8 Å². The molecule has 1 amide bonds. The van der Waals surface area contributed by atoms with Crippen LogP contribution in [0, 0.1) is 5.41 Å². The Bertz CT molecular complexity index is 248. The van der Waals surface area contributed by atoms with Crippen LogP contribution in [0.1, 0.15) is 26.2 Å². The van der Waals surface area contributed by atoms with Crippen LogP contribution >= 0.6 is 0 Å². The molecule has 1 unspecified atom stereocenters. The summed E-state index contributed by atoms with van der Waals surface area (Å²) >= 11 is 0. The molecular formula is C11H21NO3. The molecule has 1 atom stereocenters. The van der Waals surface area contributed by atoms with Gasteiger partial charge in [-0.05, 0) is 6.42 Å². The predicted octanol–water partition coefficient (Wildman–Crippen LogP) is 1.25. The molecular weight excluding hydrogens is 194 g/mol. The molecule has 0 heterocycles. The summed E-state index contributed by atoms with van der Waals surface area (Å²) in [5.74, 6) is -0.418. The molecule has 0 bridgehead atoms. The van der Waals surface area contributed by atoms with E-state index >= 15 is 0 Å². The highest BCUT2D eigenvalue weighted by Crippen LogP contribution is 2.46. The van der Waals surface area contributed by atoms with Crippen molar-refractivity contribution in [2.45, 2.75) is 32.0 Å². The second-order valence-corrected chi connectivity index (χ2v) is 4.76. The van der Waals surface area contributed by atoms with Gasteiger partial charge in [-0.25, -0.2) is 0 Å². The molecule has 0 aliphatic heterocycles. The van der Waals surface area contributed by atoms with Gasteiger partial charge in [-0.3, -0.25) is 4.79 Å². The van der Waals surface area contributed by atoms with Crippen molar-refractivity contribution in [1.29, 1.82) is 0 Å². The van der Waals surface area contributed by atoms with E-state index in [9.17, 15) is 4.79 Å². The van der Waals surface area contributed by atoms with E-state index in [0.717, 1.165) is 12.8 Å². The molecule has 0 saturated heterocycles. The number of carbonyl (C=O) groups excluding carboxylic acids is 1. The van der Waals surface area contributed by atoms with Crippen LogP contribution in [0.25, 0.3) is 0 Å². The summed E-state index contributed by atoms with van der Waals surface area (Å²) < 4.78 is 10.8. The third kappa shape index (κ3) is 2.16. The number of rotatable bonds is 3. The highest BCUT2D eigenvalue weighted by Gasteiger charge is 2.50. The minimum Gasteiger partial charge on any atom is -0.353 e. The summed E-state index contributed by atoms with van der Waals surface area (Å²) in [6, 6.07) is 0. The maximum atomic E-state index is 12.0. The fraction of sp³-hybridized carbons (Fsp3) is 0.909. The first-order valence-electron chi connectivity index (χ1n) is 5.21. The van der Waals surface area contributed by atoms with Crippen molar-refractivity contribution >= 4 is 5.91 Å². The SMILES string of the molecule is COC1(OC)CCC(C)(C(=O)N(C)C)C1. The van der Waals surface area contributed by atoms with Gasteiger partial charge in [0.05, 0.1) is 5.41 Å². The van der Waals surface area contributed by atoms with E-state index in [0.29, 0.717) is 6.42 Å². The third-order valence-corrected chi connectivity index (χ3v) is 3.38. The molecule has 0 N–H and O–H groups in total. The number of hydrogen-bond donors (Lipinski definition) is 0. The van der Waals surface area contributed by atoms with Crippen molar-refractivity contribution in [2.75, 3.05) is 28.3 Å². The van der Waals surface area contributed by atoms with Crippen LogP contribution in [0.2, 0.25) is 0 Å². The number of methoxy groups -OCH3 is 2. The van der Waals surface area contributed by atoms with Gasteiger partial charge in [-0.15, -0.1) is 0 Å². The van der Waals surface area contributed by atoms with Gasteiger partial charge in [-0.1, -0.05) is 6.92 Å². The van der Waals surface area contributed by atoms with E-state index in [1.54, 1.807) is 33.2 Å². The number of amides is 1. The Hall–Kier alpha value is -0.610. The van der Waals surface area contributed by atoms with E-state index in [1.165, 1.54) is 0 Å². The summed E-state index contributed by atoms with van der Waals surface area (Å²) in [6.07, 6.45) is 2.21. The summed E-state index contributed by atoms with van der Waals surface area (Å²) in [7, 11) is 6.84. The Morgan fingerprint density at radius 2 is 1.73 bits per heavy atom. The highest BCUT2D eigenvalue weighted by atomic mass is 16.7. The van der Waals surface area contributed by atoms with Crippen LogP contribution in [0.15, 0.2) is 0 Å². The highest BCUT2D eigenvalue weighted by molar-refractivity contribution is 5.82. The Morgan fingerprint density at radius 1 is 1.20 bits per heavy atom. The molecule has 0 aromatic heterocycles. The molecule has 0 aromatic carbocycles. The number of ether oxygens (including phenoxy) is 2. The molecule has 15 heavy (non-hydrogen) atoms. The van der Waals surface area contributed by atoms with E-state index in [4.69, 9.17) is 9.47 Å². The zero-order valence-corrected chi connectivity index (χ0v) is 10.3. The van der Waals surface area contributed by atoms with Gasteiger partial charge in [-0.2, -0.15) is 0 Å². The number of nitrogens with zero attached hydrogens (tertiary/aromatic N) is 1. The van der Waals surface area contributed by atoms with Gasteiger partial charge < -0.3 is 14.4 Å². The molecule has 0 spiro atoms. The molecule has 1 aliphatic rings. The lowest BCUT2D eigenvalue weighted by atomic mass is 9.87. The van der Waals surface area contributed by atoms with Crippen molar-refractivity contribution in [3.05, 3.63) is 0 Å². The molecule has 4 nitrogen and oxygen atoms in total. The standard InChI is InChI=1S/C11H21NO3/c1-10(9(13)12(2)3)6-7-11(8-10,14-4)15-5/h6-8H2,1-5H3. The fourth-order valence-electron chi connectivity index (χ4n) is 2.39. The van der Waals surface area contributed by atoms with Crippen LogP contribution in [0.3, 0.4) is 0 Å². The fourth-order valence-corrected chi connectivity index (χ4v) is 2.39. The molecule has 1 saturated carbocycles. The van der Waals surface area contributed by atoms with E-state index in [2.05, 4.69) is 0 Å². The van der Waals surface area contributed by atoms with Crippen molar-refractivity contribution in [2.24, 2.45) is 5.41 Å². The van der Waals surface area contributed by atoms with Crippen molar-refractivity contribution < 1.29 is 14.3 Å². The smallest absolute Gasteiger partial charge is 0.228 e. The lowest BCUT2D eigenvalue weighted by Crippen LogP contribution is -2.39. The van der Waals surface area contributed by atoms with Gasteiger partial charge in [0, 0.05) is 41.2 Å². The van der Waals surface area contributed by atoms with Gasteiger partial charge in [0.1, 0.15) is 0 Å². The number of carbonyl (C=O) groups is 1. The summed E-state index contributed by atoms with van der Waals surface area (Å²) in [5, 5.41) is 0.